The number of aromatic nitrogens is 1. The van der Waals surface area contributed by atoms with Crippen LogP contribution in [0.5, 0.6) is 0 Å². The van der Waals surface area contributed by atoms with Crippen LogP contribution >= 0.6 is 0 Å². The Balaban J connectivity index is 1.25. The second-order valence-electron chi connectivity index (χ2n) is 8.50. The summed E-state index contributed by atoms with van der Waals surface area (Å²) < 4.78 is 6.14. The Morgan fingerprint density at radius 1 is 0.844 bits per heavy atom. The van der Waals surface area contributed by atoms with E-state index in [9.17, 15) is 9.59 Å². The molecular formula is C26H27N3O3. The number of carbonyl (C=O) groups excluding carboxylic acids is 2. The highest BCUT2D eigenvalue weighted by Crippen LogP contribution is 2.33. The van der Waals surface area contributed by atoms with Gasteiger partial charge >= 0.3 is 0 Å². The molecular weight excluding hydrogens is 402 g/mol. The van der Waals surface area contributed by atoms with Crippen LogP contribution < -0.4 is 0 Å². The highest BCUT2D eigenvalue weighted by Gasteiger charge is 2.35. The van der Waals surface area contributed by atoms with Crippen molar-refractivity contribution in [3.8, 4) is 22.6 Å². The van der Waals surface area contributed by atoms with Gasteiger partial charge in [-0.15, -0.1) is 0 Å². The van der Waals surface area contributed by atoms with Gasteiger partial charge in [0.05, 0.1) is 0 Å². The number of hydrogen-bond donors (Lipinski definition) is 0. The Hall–Kier alpha value is -3.41. The molecule has 0 unspecified atom stereocenters. The van der Waals surface area contributed by atoms with Crippen molar-refractivity contribution in [2.24, 2.45) is 5.92 Å². The SMILES string of the molecule is O=C(CCc1nc(-c2ccccc2)c(-c2ccccc2)o1)N1CCN(C(=O)C2CC2)CC1. The van der Waals surface area contributed by atoms with Crippen molar-refractivity contribution in [1.29, 1.82) is 0 Å². The van der Waals surface area contributed by atoms with E-state index in [1.54, 1.807) is 0 Å². The van der Waals surface area contributed by atoms with Crippen molar-refractivity contribution < 1.29 is 14.0 Å². The standard InChI is InChI=1S/C26H27N3O3/c30-23(28-15-17-29(18-16-28)26(31)21-11-12-21)14-13-22-27-24(19-7-3-1-4-8-19)25(32-22)20-9-5-2-6-10-20/h1-10,21H,11-18H2. The summed E-state index contributed by atoms with van der Waals surface area (Å²) in [4.78, 5) is 33.5. The quantitative estimate of drug-likeness (QED) is 0.594. The number of piperazine rings is 1. The first-order valence-corrected chi connectivity index (χ1v) is 11.4. The van der Waals surface area contributed by atoms with Crippen LogP contribution in [0, 0.1) is 5.92 Å². The number of rotatable bonds is 6. The molecule has 1 aromatic heterocycles. The Labute approximate surface area is 187 Å². The van der Waals surface area contributed by atoms with Gasteiger partial charge in [0.2, 0.25) is 11.8 Å². The molecule has 32 heavy (non-hydrogen) atoms. The smallest absolute Gasteiger partial charge is 0.225 e. The molecule has 1 saturated heterocycles. The molecule has 0 atom stereocenters. The topological polar surface area (TPSA) is 66.7 Å². The van der Waals surface area contributed by atoms with Crippen LogP contribution in [0.2, 0.25) is 0 Å². The highest BCUT2D eigenvalue weighted by molar-refractivity contribution is 5.82. The zero-order valence-electron chi connectivity index (χ0n) is 18.1. The molecule has 0 bridgehead atoms. The molecule has 0 radical (unpaired) electrons. The molecule has 5 rings (SSSR count). The lowest BCUT2D eigenvalue weighted by atomic mass is 10.1. The average molecular weight is 430 g/mol. The predicted octanol–water partition coefficient (Wildman–Crippen LogP) is 4.02. The summed E-state index contributed by atoms with van der Waals surface area (Å²) in [6.45, 7) is 2.48. The Kier molecular flexibility index (Phi) is 5.75. The van der Waals surface area contributed by atoms with Crippen LogP contribution in [0.3, 0.4) is 0 Å². The van der Waals surface area contributed by atoms with E-state index >= 15 is 0 Å². The molecule has 1 aliphatic heterocycles. The van der Waals surface area contributed by atoms with Crippen LogP contribution in [0.4, 0.5) is 0 Å². The molecule has 6 nitrogen and oxygen atoms in total. The molecule has 1 saturated carbocycles. The van der Waals surface area contributed by atoms with E-state index in [-0.39, 0.29) is 17.7 Å². The van der Waals surface area contributed by atoms with Gasteiger partial charge in [-0.2, -0.15) is 0 Å². The third kappa shape index (κ3) is 4.44. The average Bonchev–Trinajstić information content (AvgIpc) is 3.62. The molecule has 3 aromatic rings. The van der Waals surface area contributed by atoms with Crippen molar-refractivity contribution >= 4 is 11.8 Å². The Morgan fingerprint density at radius 3 is 2.06 bits per heavy atom. The maximum Gasteiger partial charge on any atom is 0.225 e. The highest BCUT2D eigenvalue weighted by atomic mass is 16.4. The number of carbonyl (C=O) groups is 2. The minimum Gasteiger partial charge on any atom is -0.440 e. The van der Waals surface area contributed by atoms with Gasteiger partial charge in [0.1, 0.15) is 5.69 Å². The van der Waals surface area contributed by atoms with E-state index in [1.165, 1.54) is 0 Å². The summed E-state index contributed by atoms with van der Waals surface area (Å²) in [5.41, 5.74) is 2.75. The van der Waals surface area contributed by atoms with Gasteiger partial charge in [0.15, 0.2) is 11.7 Å². The maximum atomic E-state index is 12.8. The minimum absolute atomic E-state index is 0.0873. The fourth-order valence-electron chi connectivity index (χ4n) is 4.18. The molecule has 2 aromatic carbocycles. The van der Waals surface area contributed by atoms with Gasteiger partial charge in [0, 0.05) is 56.1 Å². The molecule has 2 aliphatic rings. The third-order valence-electron chi connectivity index (χ3n) is 6.18. The Morgan fingerprint density at radius 2 is 1.44 bits per heavy atom. The molecule has 0 spiro atoms. The molecule has 2 heterocycles. The minimum atomic E-state index is 0.0873. The second-order valence-corrected chi connectivity index (χ2v) is 8.50. The molecule has 1 aliphatic carbocycles. The number of aryl methyl sites for hydroxylation is 1. The number of amides is 2. The van der Waals surface area contributed by atoms with E-state index < -0.39 is 0 Å². The maximum absolute atomic E-state index is 12.8. The van der Waals surface area contributed by atoms with Gasteiger partial charge in [0.25, 0.3) is 0 Å². The van der Waals surface area contributed by atoms with Crippen LogP contribution in [0.15, 0.2) is 65.1 Å². The van der Waals surface area contributed by atoms with Crippen molar-refractivity contribution in [3.63, 3.8) is 0 Å². The zero-order valence-corrected chi connectivity index (χ0v) is 18.1. The van der Waals surface area contributed by atoms with Crippen LogP contribution in [-0.2, 0) is 16.0 Å². The molecule has 0 N–H and O–H groups in total. The largest absolute Gasteiger partial charge is 0.440 e. The zero-order chi connectivity index (χ0) is 21.9. The van der Waals surface area contributed by atoms with Crippen LogP contribution in [-0.4, -0.2) is 52.8 Å². The summed E-state index contributed by atoms with van der Waals surface area (Å²) in [6.07, 6.45) is 2.83. The van der Waals surface area contributed by atoms with Gasteiger partial charge in [-0.3, -0.25) is 9.59 Å². The number of oxazole rings is 1. The van der Waals surface area contributed by atoms with Gasteiger partial charge in [-0.05, 0) is 12.8 Å². The van der Waals surface area contributed by atoms with Gasteiger partial charge in [-0.25, -0.2) is 4.98 Å². The second kappa shape index (κ2) is 8.99. The summed E-state index contributed by atoms with van der Waals surface area (Å²) in [7, 11) is 0. The number of nitrogens with zero attached hydrogens (tertiary/aromatic N) is 3. The first-order valence-electron chi connectivity index (χ1n) is 11.4. The summed E-state index contributed by atoms with van der Waals surface area (Å²) in [5.74, 6) is 1.88. The van der Waals surface area contributed by atoms with Gasteiger partial charge in [-0.1, -0.05) is 60.7 Å². The lowest BCUT2D eigenvalue weighted by Crippen LogP contribution is -2.51. The van der Waals surface area contributed by atoms with Crippen molar-refractivity contribution in [3.05, 3.63) is 66.6 Å². The summed E-state index contributed by atoms with van der Waals surface area (Å²) >= 11 is 0. The van der Waals surface area contributed by atoms with E-state index in [0.717, 1.165) is 35.4 Å². The predicted molar refractivity (Wildman–Crippen MR) is 122 cm³/mol. The van der Waals surface area contributed by atoms with E-state index in [4.69, 9.17) is 9.40 Å². The van der Waals surface area contributed by atoms with Crippen molar-refractivity contribution in [2.45, 2.75) is 25.7 Å². The normalized spacial score (nSPS) is 16.2. The summed E-state index contributed by atoms with van der Waals surface area (Å²) in [6, 6.07) is 19.9. The molecule has 2 fully saturated rings. The molecule has 2 amide bonds. The van der Waals surface area contributed by atoms with Crippen molar-refractivity contribution in [1.82, 2.24) is 14.8 Å². The number of hydrogen-bond acceptors (Lipinski definition) is 4. The lowest BCUT2D eigenvalue weighted by Gasteiger charge is -2.35. The molecule has 6 heteroatoms. The molecule has 164 valence electrons. The van der Waals surface area contributed by atoms with Crippen molar-refractivity contribution in [2.75, 3.05) is 26.2 Å². The lowest BCUT2D eigenvalue weighted by molar-refractivity contribution is -0.140. The van der Waals surface area contributed by atoms with E-state index in [0.29, 0.717) is 44.9 Å². The fraction of sp³-hybridized carbons (Fsp3) is 0.346. The third-order valence-corrected chi connectivity index (χ3v) is 6.18. The van der Waals surface area contributed by atoms with E-state index in [1.807, 2.05) is 70.5 Å². The fourth-order valence-corrected chi connectivity index (χ4v) is 4.18. The monoisotopic (exact) mass is 429 g/mol. The summed E-state index contributed by atoms with van der Waals surface area (Å²) in [5, 5.41) is 0. The van der Waals surface area contributed by atoms with Gasteiger partial charge < -0.3 is 14.2 Å². The van der Waals surface area contributed by atoms with Crippen LogP contribution in [0.1, 0.15) is 25.2 Å². The Bertz CT molecular complexity index is 1030. The number of benzene rings is 2. The first-order chi connectivity index (χ1) is 15.7. The van der Waals surface area contributed by atoms with E-state index in [2.05, 4.69) is 0 Å². The van der Waals surface area contributed by atoms with Crippen LogP contribution in [0.25, 0.3) is 22.6 Å². The first kappa shape index (κ1) is 20.5.